The molecule has 0 fully saturated rings. The highest BCUT2D eigenvalue weighted by atomic mass is 32.2. The van der Waals surface area contributed by atoms with Crippen LogP contribution in [0.3, 0.4) is 0 Å². The minimum atomic E-state index is -0.309. The van der Waals surface area contributed by atoms with Crippen molar-refractivity contribution >= 4 is 17.5 Å². The number of aromatic hydroxyl groups is 2. The predicted octanol–water partition coefficient (Wildman–Crippen LogP) is 1.37. The van der Waals surface area contributed by atoms with Crippen molar-refractivity contribution in [2.45, 2.75) is 25.0 Å². The van der Waals surface area contributed by atoms with Crippen molar-refractivity contribution in [2.75, 3.05) is 5.75 Å². The van der Waals surface area contributed by atoms with Crippen LogP contribution in [-0.4, -0.2) is 36.5 Å². The lowest BCUT2D eigenvalue weighted by Gasteiger charge is -2.05. The first-order valence-electron chi connectivity index (χ1n) is 6.36. The molecule has 7 nitrogen and oxygen atoms in total. The molecule has 1 heterocycles. The van der Waals surface area contributed by atoms with Gasteiger partial charge < -0.3 is 10.2 Å². The van der Waals surface area contributed by atoms with E-state index in [4.69, 9.17) is 0 Å². The van der Waals surface area contributed by atoms with Crippen LogP contribution in [0.25, 0.3) is 0 Å². The molecule has 0 bridgehead atoms. The summed E-state index contributed by atoms with van der Waals surface area (Å²) in [5.74, 6) is -0.655. The summed E-state index contributed by atoms with van der Waals surface area (Å²) in [6.07, 6.45) is 0.777. The van der Waals surface area contributed by atoms with E-state index in [-0.39, 0.29) is 34.3 Å². The highest BCUT2D eigenvalue weighted by Crippen LogP contribution is 2.25. The van der Waals surface area contributed by atoms with E-state index in [1.165, 1.54) is 16.7 Å². The largest absolute Gasteiger partial charge is 0.508 e. The van der Waals surface area contributed by atoms with E-state index in [0.29, 0.717) is 11.7 Å². The number of phenolic OH excluding ortho intramolecular Hbond substituents is 2. The maximum absolute atomic E-state index is 12.0. The lowest BCUT2D eigenvalue weighted by molar-refractivity contribution is 0.102. The summed E-state index contributed by atoms with van der Waals surface area (Å²) >= 11 is 1.12. The van der Waals surface area contributed by atoms with Crippen LogP contribution in [0.15, 0.2) is 28.2 Å². The summed E-state index contributed by atoms with van der Waals surface area (Å²) in [5.41, 5.74) is -0.181. The van der Waals surface area contributed by atoms with E-state index >= 15 is 0 Å². The predicted molar refractivity (Wildman–Crippen MR) is 78.0 cm³/mol. The van der Waals surface area contributed by atoms with Crippen molar-refractivity contribution in [1.29, 1.82) is 0 Å². The van der Waals surface area contributed by atoms with Crippen LogP contribution in [0.1, 0.15) is 23.7 Å². The van der Waals surface area contributed by atoms with Gasteiger partial charge in [0, 0.05) is 12.6 Å². The number of phenols is 2. The first-order chi connectivity index (χ1) is 10.0. The summed E-state index contributed by atoms with van der Waals surface area (Å²) in [4.78, 5) is 23.6. The SMILES string of the molecule is CCCn1c(SCC(=O)c2ccc(O)cc2O)n[nH]c1=O. The number of hydrogen-bond donors (Lipinski definition) is 3. The maximum Gasteiger partial charge on any atom is 0.343 e. The van der Waals surface area contributed by atoms with Crippen LogP contribution in [-0.2, 0) is 6.54 Å². The Kier molecular flexibility index (Phi) is 4.69. The molecule has 1 aromatic carbocycles. The molecule has 0 aliphatic carbocycles. The molecule has 112 valence electrons. The first-order valence-corrected chi connectivity index (χ1v) is 7.34. The zero-order valence-electron chi connectivity index (χ0n) is 11.4. The fraction of sp³-hybridized carbons (Fsp3) is 0.308. The zero-order chi connectivity index (χ0) is 15.4. The summed E-state index contributed by atoms with van der Waals surface area (Å²) < 4.78 is 1.47. The monoisotopic (exact) mass is 309 g/mol. The second kappa shape index (κ2) is 6.49. The third-order valence-electron chi connectivity index (χ3n) is 2.78. The van der Waals surface area contributed by atoms with E-state index in [1.807, 2.05) is 6.92 Å². The van der Waals surface area contributed by atoms with Crippen LogP contribution in [0.5, 0.6) is 11.5 Å². The number of nitrogens with zero attached hydrogens (tertiary/aromatic N) is 2. The molecular formula is C13H15N3O4S. The zero-order valence-corrected chi connectivity index (χ0v) is 12.2. The third kappa shape index (κ3) is 3.46. The minimum Gasteiger partial charge on any atom is -0.508 e. The van der Waals surface area contributed by atoms with Crippen molar-refractivity contribution in [3.05, 3.63) is 34.2 Å². The molecule has 0 unspecified atom stereocenters. The third-order valence-corrected chi connectivity index (χ3v) is 3.76. The molecule has 0 atom stereocenters. The van der Waals surface area contributed by atoms with Gasteiger partial charge in [-0.3, -0.25) is 9.36 Å². The molecule has 8 heteroatoms. The molecule has 0 amide bonds. The fourth-order valence-electron chi connectivity index (χ4n) is 1.80. The van der Waals surface area contributed by atoms with Crippen LogP contribution >= 0.6 is 11.8 Å². The molecule has 0 aliphatic heterocycles. The highest BCUT2D eigenvalue weighted by molar-refractivity contribution is 7.99. The quantitative estimate of drug-likeness (QED) is 0.549. The van der Waals surface area contributed by atoms with E-state index in [9.17, 15) is 19.8 Å². The molecule has 1 aromatic heterocycles. The smallest absolute Gasteiger partial charge is 0.343 e. The molecule has 0 spiro atoms. The average Bonchev–Trinajstić information content (AvgIpc) is 2.78. The van der Waals surface area contributed by atoms with Gasteiger partial charge in [0.2, 0.25) is 0 Å². The number of Topliss-reactive ketones (excluding diaryl/α,β-unsaturated/α-hetero) is 1. The van der Waals surface area contributed by atoms with Crippen molar-refractivity contribution in [1.82, 2.24) is 14.8 Å². The second-order valence-corrected chi connectivity index (χ2v) is 5.32. The Balaban J connectivity index is 2.09. The molecule has 0 aliphatic rings. The number of aromatic amines is 1. The first kappa shape index (κ1) is 15.2. The van der Waals surface area contributed by atoms with Crippen LogP contribution in [0.2, 0.25) is 0 Å². The Morgan fingerprint density at radius 2 is 2.19 bits per heavy atom. The number of H-pyrrole nitrogens is 1. The van der Waals surface area contributed by atoms with Crippen molar-refractivity contribution < 1.29 is 15.0 Å². The Morgan fingerprint density at radius 3 is 2.86 bits per heavy atom. The van der Waals surface area contributed by atoms with Gasteiger partial charge in [0.1, 0.15) is 11.5 Å². The second-order valence-electron chi connectivity index (χ2n) is 4.38. The standard InChI is InChI=1S/C13H15N3O4S/c1-2-5-16-12(20)14-15-13(16)21-7-11(19)9-4-3-8(17)6-10(9)18/h3-4,6,17-18H,2,5,7H2,1H3,(H,14,20). The summed E-state index contributed by atoms with van der Waals surface area (Å²) in [6.45, 7) is 2.46. The molecule has 0 radical (unpaired) electrons. The number of rotatable bonds is 6. The molecular weight excluding hydrogens is 294 g/mol. The van der Waals surface area contributed by atoms with E-state index in [2.05, 4.69) is 10.2 Å². The lowest BCUT2D eigenvalue weighted by Crippen LogP contribution is -2.17. The van der Waals surface area contributed by atoms with Gasteiger partial charge in [-0.1, -0.05) is 18.7 Å². The number of nitrogens with one attached hydrogen (secondary N) is 1. The Labute approximate surface area is 124 Å². The molecule has 0 saturated carbocycles. The van der Waals surface area contributed by atoms with Crippen LogP contribution in [0.4, 0.5) is 0 Å². The van der Waals surface area contributed by atoms with Gasteiger partial charge in [0.05, 0.1) is 11.3 Å². The molecule has 2 rings (SSSR count). The molecule has 21 heavy (non-hydrogen) atoms. The van der Waals surface area contributed by atoms with Gasteiger partial charge >= 0.3 is 5.69 Å². The number of carbonyl (C=O) groups is 1. The normalized spacial score (nSPS) is 10.7. The summed E-state index contributed by atoms with van der Waals surface area (Å²) in [7, 11) is 0. The number of ketones is 1. The number of hydrogen-bond acceptors (Lipinski definition) is 6. The lowest BCUT2D eigenvalue weighted by atomic mass is 10.1. The number of benzene rings is 1. The van der Waals surface area contributed by atoms with Crippen molar-refractivity contribution in [3.8, 4) is 11.5 Å². The Bertz CT molecular complexity index is 708. The van der Waals surface area contributed by atoms with Gasteiger partial charge in [-0.15, -0.1) is 5.10 Å². The minimum absolute atomic E-state index is 0.0341. The van der Waals surface area contributed by atoms with Gasteiger partial charge in [0.25, 0.3) is 0 Å². The van der Waals surface area contributed by atoms with E-state index in [0.717, 1.165) is 24.2 Å². The van der Waals surface area contributed by atoms with E-state index < -0.39 is 0 Å². The number of carbonyl (C=O) groups excluding carboxylic acids is 1. The van der Waals surface area contributed by atoms with E-state index in [1.54, 1.807) is 0 Å². The van der Waals surface area contributed by atoms with Gasteiger partial charge in [-0.25, -0.2) is 9.89 Å². The van der Waals surface area contributed by atoms with Crippen molar-refractivity contribution in [2.24, 2.45) is 0 Å². The van der Waals surface area contributed by atoms with Gasteiger partial charge in [-0.05, 0) is 18.6 Å². The van der Waals surface area contributed by atoms with Crippen LogP contribution < -0.4 is 5.69 Å². The fourth-order valence-corrected chi connectivity index (χ4v) is 2.65. The topological polar surface area (TPSA) is 108 Å². The summed E-state index contributed by atoms with van der Waals surface area (Å²) in [5, 5.41) is 25.5. The van der Waals surface area contributed by atoms with Gasteiger partial charge in [0.15, 0.2) is 10.9 Å². The Hall–Kier alpha value is -2.22. The molecule has 0 saturated heterocycles. The Morgan fingerprint density at radius 1 is 1.43 bits per heavy atom. The maximum atomic E-state index is 12.0. The van der Waals surface area contributed by atoms with Gasteiger partial charge in [-0.2, -0.15) is 0 Å². The number of aromatic nitrogens is 3. The molecule has 2 aromatic rings. The summed E-state index contributed by atoms with van der Waals surface area (Å²) in [6, 6.07) is 3.80. The average molecular weight is 309 g/mol. The van der Waals surface area contributed by atoms with Crippen molar-refractivity contribution in [3.63, 3.8) is 0 Å². The van der Waals surface area contributed by atoms with Crippen LogP contribution in [0, 0.1) is 0 Å². The number of thioether (sulfide) groups is 1. The molecule has 3 N–H and O–H groups in total. The highest BCUT2D eigenvalue weighted by Gasteiger charge is 2.15.